The van der Waals surface area contributed by atoms with Gasteiger partial charge in [0.15, 0.2) is 0 Å². The normalized spacial score (nSPS) is 25.1. The number of carbonyl (C=O) groups is 1. The van der Waals surface area contributed by atoms with E-state index >= 15 is 0 Å². The SMILES string of the molecule is C=C(C)C(=O)OC1=C2CCC(CC1)C2. The van der Waals surface area contributed by atoms with Gasteiger partial charge in [-0.15, -0.1) is 0 Å². The molecular formula is C12H16O2. The fourth-order valence-corrected chi connectivity index (χ4v) is 2.26. The molecule has 0 spiro atoms. The largest absolute Gasteiger partial charge is 0.428 e. The molecule has 0 radical (unpaired) electrons. The molecule has 1 fully saturated rings. The number of hydrogen-bond donors (Lipinski definition) is 0. The molecule has 14 heavy (non-hydrogen) atoms. The van der Waals surface area contributed by atoms with Crippen LogP contribution in [0.4, 0.5) is 0 Å². The van der Waals surface area contributed by atoms with Crippen molar-refractivity contribution in [3.63, 3.8) is 0 Å². The Morgan fingerprint density at radius 1 is 1.43 bits per heavy atom. The number of rotatable bonds is 2. The van der Waals surface area contributed by atoms with Crippen molar-refractivity contribution in [2.24, 2.45) is 5.92 Å². The van der Waals surface area contributed by atoms with Crippen molar-refractivity contribution >= 4 is 5.97 Å². The van der Waals surface area contributed by atoms with E-state index in [9.17, 15) is 4.79 Å². The number of allylic oxidation sites excluding steroid dienone is 2. The molecule has 0 aliphatic heterocycles. The van der Waals surface area contributed by atoms with Crippen LogP contribution in [0.25, 0.3) is 0 Å². The molecule has 0 aromatic rings. The first-order valence-corrected chi connectivity index (χ1v) is 5.25. The van der Waals surface area contributed by atoms with Crippen LogP contribution in [0.2, 0.25) is 0 Å². The molecule has 2 aliphatic rings. The van der Waals surface area contributed by atoms with E-state index in [0.717, 1.165) is 30.9 Å². The Kier molecular flexibility index (Phi) is 2.44. The Labute approximate surface area is 84.6 Å². The molecule has 0 heterocycles. The third-order valence-corrected chi connectivity index (χ3v) is 3.13. The molecule has 0 saturated heterocycles. The maximum atomic E-state index is 11.3. The average Bonchev–Trinajstić information content (AvgIpc) is 2.53. The van der Waals surface area contributed by atoms with Crippen LogP contribution in [-0.4, -0.2) is 5.97 Å². The van der Waals surface area contributed by atoms with Crippen LogP contribution in [0.15, 0.2) is 23.5 Å². The van der Waals surface area contributed by atoms with Crippen molar-refractivity contribution < 1.29 is 9.53 Å². The number of esters is 1. The Balaban J connectivity index is 2.07. The van der Waals surface area contributed by atoms with Crippen LogP contribution in [0.1, 0.15) is 39.0 Å². The number of carbonyl (C=O) groups excluding carboxylic acids is 1. The van der Waals surface area contributed by atoms with Crippen LogP contribution in [0.5, 0.6) is 0 Å². The van der Waals surface area contributed by atoms with Gasteiger partial charge in [-0.3, -0.25) is 0 Å². The molecular weight excluding hydrogens is 176 g/mol. The Morgan fingerprint density at radius 3 is 2.86 bits per heavy atom. The lowest BCUT2D eigenvalue weighted by Gasteiger charge is -2.18. The molecule has 2 bridgehead atoms. The van der Waals surface area contributed by atoms with Crippen molar-refractivity contribution in [3.8, 4) is 0 Å². The summed E-state index contributed by atoms with van der Waals surface area (Å²) in [6.07, 6.45) is 5.69. The third kappa shape index (κ3) is 1.74. The summed E-state index contributed by atoms with van der Waals surface area (Å²) in [6, 6.07) is 0. The Hall–Kier alpha value is -1.05. The predicted octanol–water partition coefficient (Wildman–Crippen LogP) is 2.95. The molecule has 0 aromatic heterocycles. The molecule has 1 atom stereocenters. The molecule has 0 N–H and O–H groups in total. The van der Waals surface area contributed by atoms with Crippen LogP contribution in [0.3, 0.4) is 0 Å². The van der Waals surface area contributed by atoms with Crippen molar-refractivity contribution in [1.82, 2.24) is 0 Å². The molecule has 2 aliphatic carbocycles. The summed E-state index contributed by atoms with van der Waals surface area (Å²) in [4.78, 5) is 11.3. The Morgan fingerprint density at radius 2 is 2.14 bits per heavy atom. The van der Waals surface area contributed by atoms with Gasteiger partial charge in [0, 0.05) is 12.0 Å². The minimum Gasteiger partial charge on any atom is -0.428 e. The second-order valence-electron chi connectivity index (χ2n) is 4.34. The smallest absolute Gasteiger partial charge is 0.338 e. The van der Waals surface area contributed by atoms with Gasteiger partial charge in [0.05, 0.1) is 0 Å². The maximum absolute atomic E-state index is 11.3. The molecule has 1 unspecified atom stereocenters. The highest BCUT2D eigenvalue weighted by Gasteiger charge is 2.28. The van der Waals surface area contributed by atoms with Crippen molar-refractivity contribution in [3.05, 3.63) is 23.5 Å². The average molecular weight is 192 g/mol. The first-order chi connectivity index (χ1) is 6.66. The quantitative estimate of drug-likeness (QED) is 0.496. The van der Waals surface area contributed by atoms with E-state index in [0.29, 0.717) is 5.57 Å². The van der Waals surface area contributed by atoms with E-state index in [1.165, 1.54) is 18.4 Å². The summed E-state index contributed by atoms with van der Waals surface area (Å²) in [5.41, 5.74) is 1.86. The summed E-state index contributed by atoms with van der Waals surface area (Å²) >= 11 is 0. The second kappa shape index (κ2) is 3.60. The van der Waals surface area contributed by atoms with Gasteiger partial charge in [0.25, 0.3) is 0 Å². The summed E-state index contributed by atoms with van der Waals surface area (Å²) in [5.74, 6) is 1.53. The molecule has 2 rings (SSSR count). The van der Waals surface area contributed by atoms with Gasteiger partial charge in [0.1, 0.15) is 5.76 Å². The highest BCUT2D eigenvalue weighted by molar-refractivity contribution is 5.87. The second-order valence-corrected chi connectivity index (χ2v) is 4.34. The maximum Gasteiger partial charge on any atom is 0.338 e. The Bertz CT molecular complexity index is 312. The lowest BCUT2D eigenvalue weighted by molar-refractivity contribution is -0.135. The molecule has 2 heteroatoms. The van der Waals surface area contributed by atoms with Gasteiger partial charge in [-0.05, 0) is 44.1 Å². The lowest BCUT2D eigenvalue weighted by atomic mass is 9.95. The van der Waals surface area contributed by atoms with Crippen molar-refractivity contribution in [2.75, 3.05) is 0 Å². The van der Waals surface area contributed by atoms with Gasteiger partial charge in [-0.25, -0.2) is 4.79 Å². The zero-order valence-corrected chi connectivity index (χ0v) is 8.64. The van der Waals surface area contributed by atoms with Gasteiger partial charge in [-0.2, -0.15) is 0 Å². The number of hydrogen-bond acceptors (Lipinski definition) is 2. The van der Waals surface area contributed by atoms with Gasteiger partial charge in [-0.1, -0.05) is 6.58 Å². The summed E-state index contributed by atoms with van der Waals surface area (Å²) in [6.45, 7) is 5.27. The van der Waals surface area contributed by atoms with Crippen LogP contribution in [-0.2, 0) is 9.53 Å². The van der Waals surface area contributed by atoms with E-state index in [2.05, 4.69) is 6.58 Å². The van der Waals surface area contributed by atoms with E-state index in [4.69, 9.17) is 4.74 Å². The molecule has 0 aromatic carbocycles. The highest BCUT2D eigenvalue weighted by atomic mass is 16.5. The lowest BCUT2D eigenvalue weighted by Crippen LogP contribution is -2.10. The summed E-state index contributed by atoms with van der Waals surface area (Å²) < 4.78 is 5.32. The first-order valence-electron chi connectivity index (χ1n) is 5.25. The van der Waals surface area contributed by atoms with Gasteiger partial charge < -0.3 is 4.74 Å². The van der Waals surface area contributed by atoms with E-state index < -0.39 is 0 Å². The van der Waals surface area contributed by atoms with Crippen molar-refractivity contribution in [1.29, 1.82) is 0 Å². The number of ether oxygens (including phenoxy) is 1. The monoisotopic (exact) mass is 192 g/mol. The zero-order chi connectivity index (χ0) is 10.1. The van der Waals surface area contributed by atoms with Crippen LogP contribution < -0.4 is 0 Å². The molecule has 2 nitrogen and oxygen atoms in total. The predicted molar refractivity (Wildman–Crippen MR) is 54.5 cm³/mol. The fraction of sp³-hybridized carbons (Fsp3) is 0.583. The minimum atomic E-state index is -0.266. The highest BCUT2D eigenvalue weighted by Crippen LogP contribution is 2.41. The standard InChI is InChI=1S/C12H16O2/c1-8(2)12(13)14-11-6-4-9-3-5-10(11)7-9/h9H,1,3-7H2,2H3. The summed E-state index contributed by atoms with van der Waals surface area (Å²) in [5, 5.41) is 0. The van der Waals surface area contributed by atoms with Crippen molar-refractivity contribution in [2.45, 2.75) is 39.0 Å². The van der Waals surface area contributed by atoms with E-state index in [1.54, 1.807) is 6.92 Å². The van der Waals surface area contributed by atoms with E-state index in [-0.39, 0.29) is 5.97 Å². The van der Waals surface area contributed by atoms with Crippen LogP contribution in [0, 0.1) is 5.92 Å². The minimum absolute atomic E-state index is 0.266. The molecule has 1 saturated carbocycles. The number of fused-ring (bicyclic) bond motifs is 2. The first kappa shape index (κ1) is 9.50. The zero-order valence-electron chi connectivity index (χ0n) is 8.64. The third-order valence-electron chi connectivity index (χ3n) is 3.13. The van der Waals surface area contributed by atoms with E-state index in [1.807, 2.05) is 0 Å². The van der Waals surface area contributed by atoms with Gasteiger partial charge in [0.2, 0.25) is 0 Å². The fourth-order valence-electron chi connectivity index (χ4n) is 2.26. The van der Waals surface area contributed by atoms with Gasteiger partial charge >= 0.3 is 5.97 Å². The molecule has 0 amide bonds. The van der Waals surface area contributed by atoms with Crippen LogP contribution >= 0.6 is 0 Å². The summed E-state index contributed by atoms with van der Waals surface area (Å²) in [7, 11) is 0. The molecule has 76 valence electrons. The topological polar surface area (TPSA) is 26.3 Å².